The maximum absolute atomic E-state index is 12.8. The Balaban J connectivity index is 1.84. The van der Waals surface area contributed by atoms with E-state index < -0.39 is 29.9 Å². The predicted molar refractivity (Wildman–Crippen MR) is 120 cm³/mol. The number of methoxy groups -OCH3 is 1. The third-order valence-corrected chi connectivity index (χ3v) is 6.48. The summed E-state index contributed by atoms with van der Waals surface area (Å²) >= 11 is 0. The molecule has 0 fully saturated rings. The van der Waals surface area contributed by atoms with Crippen LogP contribution in [0.1, 0.15) is 22.3 Å². The van der Waals surface area contributed by atoms with Crippen LogP contribution < -0.4 is 18.9 Å². The maximum atomic E-state index is 12.8. The summed E-state index contributed by atoms with van der Waals surface area (Å²) in [5.41, 5.74) is 1.74. The summed E-state index contributed by atoms with van der Waals surface area (Å²) in [5.74, 6) is -1.21. The van der Waals surface area contributed by atoms with Crippen molar-refractivity contribution in [3.05, 3.63) is 82.9 Å². The van der Waals surface area contributed by atoms with Gasteiger partial charge in [0.25, 0.3) is 0 Å². The molecule has 8 heteroatoms. The fourth-order valence-electron chi connectivity index (χ4n) is 5.12. The van der Waals surface area contributed by atoms with E-state index in [1.54, 1.807) is 30.3 Å². The van der Waals surface area contributed by atoms with Crippen LogP contribution in [-0.4, -0.2) is 42.7 Å². The number of aliphatic carboxylic acids is 2. The average Bonchev–Trinajstić information content (AvgIpc) is 3.45. The molecule has 0 saturated carbocycles. The number of hydrogen-bond donors (Lipinski definition) is 2. The smallest absolute Gasteiger partial charge is 0.341 e. The molecule has 2 atom stereocenters. The van der Waals surface area contributed by atoms with Crippen molar-refractivity contribution in [3.8, 4) is 23.0 Å². The van der Waals surface area contributed by atoms with E-state index in [9.17, 15) is 19.8 Å². The van der Waals surface area contributed by atoms with Crippen molar-refractivity contribution in [3.63, 3.8) is 0 Å². The standard InChI is InChI=1S/C26H22O8/c1-31-17-7-8-19(22(12-17)32-13-24(27)28)26(16-6-9-21-23(11-16)34-14-33-21)18-5-3-2-4-15(18)10-20(26)25(29)30/h2-9,11-12,20H,10,13-14H2,1H3,(H,27,28)(H,29,30). The highest BCUT2D eigenvalue weighted by atomic mass is 16.7. The number of ether oxygens (including phenoxy) is 4. The molecule has 0 bridgehead atoms. The quantitative estimate of drug-likeness (QED) is 0.549. The van der Waals surface area contributed by atoms with Gasteiger partial charge in [-0.25, -0.2) is 4.79 Å². The van der Waals surface area contributed by atoms with Crippen LogP contribution >= 0.6 is 0 Å². The second kappa shape index (κ2) is 8.30. The SMILES string of the molecule is COc1ccc(C2(c3ccc4c(c3)OCO4)c3ccccc3CC2C(=O)O)c(OCC(=O)O)c1. The van der Waals surface area contributed by atoms with Gasteiger partial charge < -0.3 is 29.2 Å². The van der Waals surface area contributed by atoms with Crippen LogP contribution in [0.2, 0.25) is 0 Å². The van der Waals surface area contributed by atoms with E-state index in [2.05, 4.69) is 0 Å². The molecule has 2 N–H and O–H groups in total. The van der Waals surface area contributed by atoms with Crippen LogP contribution in [0.5, 0.6) is 23.0 Å². The van der Waals surface area contributed by atoms with E-state index in [1.165, 1.54) is 7.11 Å². The van der Waals surface area contributed by atoms with Crippen LogP contribution in [0.3, 0.4) is 0 Å². The molecule has 8 nitrogen and oxygen atoms in total. The molecule has 3 aromatic rings. The van der Waals surface area contributed by atoms with Gasteiger partial charge in [-0.15, -0.1) is 0 Å². The van der Waals surface area contributed by atoms with Gasteiger partial charge in [-0.2, -0.15) is 0 Å². The van der Waals surface area contributed by atoms with Gasteiger partial charge in [0.1, 0.15) is 11.5 Å². The van der Waals surface area contributed by atoms with E-state index >= 15 is 0 Å². The molecule has 2 unspecified atom stereocenters. The molecular formula is C26H22O8. The van der Waals surface area contributed by atoms with Crippen LogP contribution in [0.25, 0.3) is 0 Å². The first-order chi connectivity index (χ1) is 16.4. The zero-order valence-corrected chi connectivity index (χ0v) is 18.3. The molecule has 3 aromatic carbocycles. The molecule has 0 aromatic heterocycles. The average molecular weight is 462 g/mol. The number of benzene rings is 3. The Morgan fingerprint density at radius 3 is 2.56 bits per heavy atom. The number of carbonyl (C=O) groups is 2. The molecule has 1 aliphatic heterocycles. The second-order valence-corrected chi connectivity index (χ2v) is 8.17. The highest BCUT2D eigenvalue weighted by molar-refractivity contribution is 5.80. The van der Waals surface area contributed by atoms with Gasteiger partial charge in [-0.05, 0) is 41.3 Å². The number of hydrogen-bond acceptors (Lipinski definition) is 6. The summed E-state index contributed by atoms with van der Waals surface area (Å²) in [6.45, 7) is -0.503. The normalized spacial score (nSPS) is 20.0. The lowest BCUT2D eigenvalue weighted by Gasteiger charge is -2.37. The summed E-state index contributed by atoms with van der Waals surface area (Å²) in [4.78, 5) is 24.1. The minimum absolute atomic E-state index is 0.0836. The molecule has 2 aliphatic rings. The van der Waals surface area contributed by atoms with Gasteiger partial charge in [-0.3, -0.25) is 4.79 Å². The lowest BCUT2D eigenvalue weighted by Crippen LogP contribution is -2.39. The molecule has 0 radical (unpaired) electrons. The van der Waals surface area contributed by atoms with Crippen molar-refractivity contribution in [2.75, 3.05) is 20.5 Å². The summed E-state index contributed by atoms with van der Waals surface area (Å²) in [7, 11) is 1.49. The van der Waals surface area contributed by atoms with E-state index in [0.717, 1.165) is 11.1 Å². The van der Waals surface area contributed by atoms with Crippen LogP contribution in [0, 0.1) is 5.92 Å². The molecule has 0 amide bonds. The number of rotatable bonds is 7. The lowest BCUT2D eigenvalue weighted by atomic mass is 9.64. The third kappa shape index (κ3) is 3.30. The maximum Gasteiger partial charge on any atom is 0.341 e. The first kappa shape index (κ1) is 21.6. The Kier molecular flexibility index (Phi) is 5.28. The van der Waals surface area contributed by atoms with E-state index in [0.29, 0.717) is 34.8 Å². The summed E-state index contributed by atoms with van der Waals surface area (Å²) in [6, 6.07) is 18.0. The van der Waals surface area contributed by atoms with E-state index in [4.69, 9.17) is 18.9 Å². The fraction of sp³-hybridized carbons (Fsp3) is 0.231. The van der Waals surface area contributed by atoms with Gasteiger partial charge in [0.05, 0.1) is 18.4 Å². The number of carboxylic acids is 2. The Morgan fingerprint density at radius 1 is 1.00 bits per heavy atom. The van der Waals surface area contributed by atoms with Gasteiger partial charge in [-0.1, -0.05) is 36.4 Å². The number of carboxylic acid groups (broad SMARTS) is 2. The minimum atomic E-state index is -1.18. The minimum Gasteiger partial charge on any atom is -0.497 e. The predicted octanol–water partition coefficient (Wildman–Crippen LogP) is 3.48. The van der Waals surface area contributed by atoms with Crippen molar-refractivity contribution < 1.29 is 38.7 Å². The molecule has 174 valence electrons. The number of fused-ring (bicyclic) bond motifs is 2. The molecule has 1 heterocycles. The molecule has 1 aliphatic carbocycles. The molecule has 0 spiro atoms. The molecule has 5 rings (SSSR count). The third-order valence-electron chi connectivity index (χ3n) is 6.48. The Morgan fingerprint density at radius 2 is 1.79 bits per heavy atom. The Hall–Kier alpha value is -4.20. The Labute approximate surface area is 195 Å². The molecule has 0 saturated heterocycles. The Bertz CT molecular complexity index is 1280. The summed E-state index contributed by atoms with van der Waals surface area (Å²) in [5, 5.41) is 19.7. The van der Waals surface area contributed by atoms with Gasteiger partial charge in [0, 0.05) is 11.6 Å². The summed E-state index contributed by atoms with van der Waals surface area (Å²) < 4.78 is 22.1. The van der Waals surface area contributed by atoms with Crippen molar-refractivity contribution in [2.24, 2.45) is 5.92 Å². The highest BCUT2D eigenvalue weighted by Crippen LogP contribution is 2.56. The van der Waals surface area contributed by atoms with Gasteiger partial charge >= 0.3 is 11.9 Å². The van der Waals surface area contributed by atoms with Crippen LogP contribution in [-0.2, 0) is 21.4 Å². The summed E-state index contributed by atoms with van der Waals surface area (Å²) in [6.07, 6.45) is 0.296. The first-order valence-electron chi connectivity index (χ1n) is 10.7. The molecular weight excluding hydrogens is 440 g/mol. The van der Waals surface area contributed by atoms with Crippen molar-refractivity contribution in [1.29, 1.82) is 0 Å². The monoisotopic (exact) mass is 462 g/mol. The van der Waals surface area contributed by atoms with Gasteiger partial charge in [0.2, 0.25) is 6.79 Å². The first-order valence-corrected chi connectivity index (χ1v) is 10.7. The molecule has 34 heavy (non-hydrogen) atoms. The van der Waals surface area contributed by atoms with Crippen molar-refractivity contribution in [1.82, 2.24) is 0 Å². The van der Waals surface area contributed by atoms with Crippen LogP contribution in [0.4, 0.5) is 0 Å². The largest absolute Gasteiger partial charge is 0.497 e. The van der Waals surface area contributed by atoms with E-state index in [-0.39, 0.29) is 12.5 Å². The zero-order valence-electron chi connectivity index (χ0n) is 18.3. The lowest BCUT2D eigenvalue weighted by molar-refractivity contribution is -0.143. The van der Waals surface area contributed by atoms with E-state index in [1.807, 2.05) is 30.3 Å². The zero-order chi connectivity index (χ0) is 23.9. The highest BCUT2D eigenvalue weighted by Gasteiger charge is 2.54. The van der Waals surface area contributed by atoms with Gasteiger partial charge in [0.15, 0.2) is 18.1 Å². The van der Waals surface area contributed by atoms with Crippen LogP contribution in [0.15, 0.2) is 60.7 Å². The van der Waals surface area contributed by atoms with Crippen molar-refractivity contribution >= 4 is 11.9 Å². The van der Waals surface area contributed by atoms with Crippen molar-refractivity contribution in [2.45, 2.75) is 11.8 Å². The fourth-order valence-corrected chi connectivity index (χ4v) is 5.12. The second-order valence-electron chi connectivity index (χ2n) is 8.17. The topological polar surface area (TPSA) is 112 Å².